The maximum atomic E-state index is 11.6. The zero-order valence-corrected chi connectivity index (χ0v) is 12.2. The van der Waals surface area contributed by atoms with E-state index >= 15 is 0 Å². The fourth-order valence-corrected chi connectivity index (χ4v) is 1.89. The van der Waals surface area contributed by atoms with E-state index in [9.17, 15) is 4.79 Å². The summed E-state index contributed by atoms with van der Waals surface area (Å²) in [5.41, 5.74) is -0.281. The van der Waals surface area contributed by atoms with Crippen molar-refractivity contribution in [3.63, 3.8) is 0 Å². The smallest absolute Gasteiger partial charge is 0.306 e. The molecule has 0 aliphatic rings. The summed E-state index contributed by atoms with van der Waals surface area (Å²) in [6.45, 7) is 8.38. The highest BCUT2D eigenvalue weighted by atomic mass is 16.6. The number of ether oxygens (including phenoxy) is 1. The predicted octanol–water partition coefficient (Wildman–Crippen LogP) is 4.86. The van der Waals surface area contributed by atoms with E-state index in [0.717, 1.165) is 32.1 Å². The van der Waals surface area contributed by atoms with Crippen LogP contribution in [0.4, 0.5) is 0 Å². The maximum Gasteiger partial charge on any atom is 0.306 e. The highest BCUT2D eigenvalue weighted by Gasteiger charge is 2.21. The molecule has 0 rings (SSSR count). The van der Waals surface area contributed by atoms with Gasteiger partial charge in [0.15, 0.2) is 0 Å². The monoisotopic (exact) mass is 242 g/mol. The van der Waals surface area contributed by atoms with Gasteiger partial charge in [0.2, 0.25) is 0 Å². The van der Waals surface area contributed by atoms with Crippen molar-refractivity contribution >= 4 is 5.97 Å². The van der Waals surface area contributed by atoms with E-state index in [1.165, 1.54) is 19.3 Å². The Morgan fingerprint density at radius 1 is 0.941 bits per heavy atom. The van der Waals surface area contributed by atoms with Crippen LogP contribution in [0.2, 0.25) is 0 Å². The number of hydrogen-bond acceptors (Lipinski definition) is 2. The summed E-state index contributed by atoms with van der Waals surface area (Å²) in [6.07, 6.45) is 9.70. The van der Waals surface area contributed by atoms with Gasteiger partial charge in [0.1, 0.15) is 5.60 Å². The Morgan fingerprint density at radius 2 is 1.53 bits per heavy atom. The van der Waals surface area contributed by atoms with Crippen molar-refractivity contribution in [3.05, 3.63) is 0 Å². The van der Waals surface area contributed by atoms with Crippen LogP contribution in [0.3, 0.4) is 0 Å². The SMILES string of the molecule is CCCCCCCC(=O)OC(C)(C)CCCC. The Labute approximate surface area is 107 Å². The second-order valence-corrected chi connectivity index (χ2v) is 5.50. The molecule has 0 aromatic heterocycles. The van der Waals surface area contributed by atoms with Crippen molar-refractivity contribution in [1.29, 1.82) is 0 Å². The average Bonchev–Trinajstić information content (AvgIpc) is 2.25. The third-order valence-electron chi connectivity index (χ3n) is 3.01. The van der Waals surface area contributed by atoms with E-state index in [4.69, 9.17) is 4.74 Å². The van der Waals surface area contributed by atoms with E-state index < -0.39 is 0 Å². The van der Waals surface area contributed by atoms with E-state index in [0.29, 0.717) is 6.42 Å². The van der Waals surface area contributed by atoms with Crippen LogP contribution in [-0.2, 0) is 9.53 Å². The molecule has 17 heavy (non-hydrogen) atoms. The van der Waals surface area contributed by atoms with Crippen LogP contribution < -0.4 is 0 Å². The molecular formula is C15H30O2. The highest BCUT2D eigenvalue weighted by Crippen LogP contribution is 2.19. The first-order valence-corrected chi connectivity index (χ1v) is 7.23. The normalized spacial score (nSPS) is 11.5. The quantitative estimate of drug-likeness (QED) is 0.404. The van der Waals surface area contributed by atoms with Crippen LogP contribution in [0.1, 0.15) is 85.5 Å². The molecule has 0 fully saturated rings. The van der Waals surface area contributed by atoms with Crippen LogP contribution in [0.5, 0.6) is 0 Å². The molecule has 102 valence electrons. The van der Waals surface area contributed by atoms with Crippen LogP contribution >= 0.6 is 0 Å². The summed E-state index contributed by atoms with van der Waals surface area (Å²) in [5, 5.41) is 0. The van der Waals surface area contributed by atoms with Crippen molar-refractivity contribution in [2.75, 3.05) is 0 Å². The van der Waals surface area contributed by atoms with Crippen molar-refractivity contribution < 1.29 is 9.53 Å². The molecule has 0 bridgehead atoms. The third kappa shape index (κ3) is 10.3. The first kappa shape index (κ1) is 16.5. The lowest BCUT2D eigenvalue weighted by Gasteiger charge is -2.25. The lowest BCUT2D eigenvalue weighted by Crippen LogP contribution is -2.27. The van der Waals surface area contributed by atoms with Gasteiger partial charge in [0.25, 0.3) is 0 Å². The zero-order valence-electron chi connectivity index (χ0n) is 12.2. The Balaban J connectivity index is 3.62. The van der Waals surface area contributed by atoms with E-state index in [1.807, 2.05) is 13.8 Å². The molecule has 0 saturated carbocycles. The largest absolute Gasteiger partial charge is 0.460 e. The molecule has 0 unspecified atom stereocenters. The van der Waals surface area contributed by atoms with Gasteiger partial charge in [-0.25, -0.2) is 0 Å². The van der Waals surface area contributed by atoms with Gasteiger partial charge in [-0.3, -0.25) is 4.79 Å². The van der Waals surface area contributed by atoms with E-state index in [2.05, 4.69) is 13.8 Å². The number of rotatable bonds is 10. The van der Waals surface area contributed by atoms with Crippen molar-refractivity contribution in [1.82, 2.24) is 0 Å². The summed E-state index contributed by atoms with van der Waals surface area (Å²) < 4.78 is 5.51. The van der Waals surface area contributed by atoms with Crippen LogP contribution in [0.15, 0.2) is 0 Å². The Kier molecular flexibility index (Phi) is 9.20. The Hall–Kier alpha value is -0.530. The molecule has 2 nitrogen and oxygen atoms in total. The molecular weight excluding hydrogens is 212 g/mol. The minimum absolute atomic E-state index is 0.0254. The molecule has 0 N–H and O–H groups in total. The first-order valence-electron chi connectivity index (χ1n) is 7.23. The number of carbonyl (C=O) groups is 1. The van der Waals surface area contributed by atoms with Crippen molar-refractivity contribution in [2.24, 2.45) is 0 Å². The van der Waals surface area contributed by atoms with Gasteiger partial charge in [0, 0.05) is 6.42 Å². The molecule has 0 amide bonds. The van der Waals surface area contributed by atoms with Gasteiger partial charge < -0.3 is 4.74 Å². The fraction of sp³-hybridized carbons (Fsp3) is 0.933. The molecule has 0 aliphatic heterocycles. The first-order chi connectivity index (χ1) is 8.02. The maximum absolute atomic E-state index is 11.6. The second-order valence-electron chi connectivity index (χ2n) is 5.50. The number of unbranched alkanes of at least 4 members (excludes halogenated alkanes) is 5. The summed E-state index contributed by atoms with van der Waals surface area (Å²) in [7, 11) is 0. The van der Waals surface area contributed by atoms with E-state index in [-0.39, 0.29) is 11.6 Å². The molecule has 0 heterocycles. The lowest BCUT2D eigenvalue weighted by atomic mass is 10.0. The Morgan fingerprint density at radius 3 is 2.12 bits per heavy atom. The molecule has 0 atom stereocenters. The molecule has 0 aromatic carbocycles. The molecule has 0 aromatic rings. The minimum atomic E-state index is -0.281. The fourth-order valence-electron chi connectivity index (χ4n) is 1.89. The number of hydrogen-bond donors (Lipinski definition) is 0. The average molecular weight is 242 g/mol. The zero-order chi connectivity index (χ0) is 13.1. The molecule has 0 aliphatic carbocycles. The minimum Gasteiger partial charge on any atom is -0.460 e. The molecule has 0 radical (unpaired) electrons. The standard InChI is InChI=1S/C15H30O2/c1-5-7-9-10-11-12-14(16)17-15(3,4)13-8-6-2/h5-13H2,1-4H3. The Bertz CT molecular complexity index is 197. The van der Waals surface area contributed by atoms with Gasteiger partial charge >= 0.3 is 5.97 Å². The third-order valence-corrected chi connectivity index (χ3v) is 3.01. The van der Waals surface area contributed by atoms with Gasteiger partial charge in [-0.15, -0.1) is 0 Å². The molecule has 0 spiro atoms. The topological polar surface area (TPSA) is 26.3 Å². The van der Waals surface area contributed by atoms with Gasteiger partial charge in [-0.05, 0) is 33.1 Å². The summed E-state index contributed by atoms with van der Waals surface area (Å²) in [6, 6.07) is 0. The second kappa shape index (κ2) is 9.49. The van der Waals surface area contributed by atoms with Gasteiger partial charge in [-0.2, -0.15) is 0 Å². The summed E-state index contributed by atoms with van der Waals surface area (Å²) in [4.78, 5) is 11.6. The van der Waals surface area contributed by atoms with Crippen LogP contribution in [-0.4, -0.2) is 11.6 Å². The predicted molar refractivity (Wildman–Crippen MR) is 73.1 cm³/mol. The summed E-state index contributed by atoms with van der Waals surface area (Å²) in [5.74, 6) is -0.0254. The molecule has 2 heteroatoms. The van der Waals surface area contributed by atoms with Crippen LogP contribution in [0.25, 0.3) is 0 Å². The van der Waals surface area contributed by atoms with Gasteiger partial charge in [-0.1, -0.05) is 46.0 Å². The molecule has 0 saturated heterocycles. The number of esters is 1. The lowest BCUT2D eigenvalue weighted by molar-refractivity contribution is -0.157. The van der Waals surface area contributed by atoms with Crippen LogP contribution in [0, 0.1) is 0 Å². The van der Waals surface area contributed by atoms with Gasteiger partial charge in [0.05, 0.1) is 0 Å². The number of carbonyl (C=O) groups excluding carboxylic acids is 1. The van der Waals surface area contributed by atoms with Crippen molar-refractivity contribution in [3.8, 4) is 0 Å². The summed E-state index contributed by atoms with van der Waals surface area (Å²) >= 11 is 0. The highest BCUT2D eigenvalue weighted by molar-refractivity contribution is 5.69. The van der Waals surface area contributed by atoms with E-state index in [1.54, 1.807) is 0 Å². The van der Waals surface area contributed by atoms with Crippen molar-refractivity contribution in [2.45, 2.75) is 91.1 Å².